The topological polar surface area (TPSA) is 57.8 Å². The Morgan fingerprint density at radius 1 is 1.32 bits per heavy atom. The van der Waals surface area contributed by atoms with Crippen LogP contribution in [0.15, 0.2) is 36.7 Å². The van der Waals surface area contributed by atoms with Gasteiger partial charge in [-0.1, -0.05) is 0 Å². The largest absolute Gasteiger partial charge is 0.405 e. The number of aromatic nitrogens is 2. The maximum Gasteiger partial charge on any atom is 0.405 e. The Balaban J connectivity index is 0.00000192. The van der Waals surface area contributed by atoms with Crippen molar-refractivity contribution in [3.63, 3.8) is 0 Å². The van der Waals surface area contributed by atoms with Crippen LogP contribution in [0.3, 0.4) is 0 Å². The van der Waals surface area contributed by atoms with E-state index in [2.05, 4.69) is 9.97 Å². The second-order valence-corrected chi connectivity index (χ2v) is 5.64. The zero-order valence-electron chi connectivity index (χ0n) is 11.1. The van der Waals surface area contributed by atoms with Crippen molar-refractivity contribution in [2.24, 2.45) is 0 Å². The van der Waals surface area contributed by atoms with Crippen molar-refractivity contribution < 1.29 is 19.4 Å². The lowest BCUT2D eigenvalue weighted by atomic mass is 10.1. The number of hydrogen-bond acceptors (Lipinski definition) is 3. The third-order valence-electron chi connectivity index (χ3n) is 3.00. The van der Waals surface area contributed by atoms with Gasteiger partial charge in [-0.15, -0.1) is 11.3 Å². The van der Waals surface area contributed by atoms with E-state index < -0.39 is 18.6 Å². The fraction of sp³-hybridized carbons (Fsp3) is 0.143. The number of amides is 1. The summed E-state index contributed by atoms with van der Waals surface area (Å²) in [7, 11) is 0. The molecule has 4 nitrogen and oxygen atoms in total. The monoisotopic (exact) mass is 327 g/mol. The number of alkyl halides is 3. The summed E-state index contributed by atoms with van der Waals surface area (Å²) in [5.41, 5.74) is 1.60. The molecule has 3 rings (SSSR count). The Bertz CT molecular complexity index is 828. The molecule has 0 saturated heterocycles. The van der Waals surface area contributed by atoms with Crippen LogP contribution in [0.5, 0.6) is 0 Å². The molecule has 8 heteroatoms. The molecule has 0 aliphatic rings. The van der Waals surface area contributed by atoms with E-state index in [9.17, 15) is 18.0 Å². The van der Waals surface area contributed by atoms with Crippen molar-refractivity contribution in [3.8, 4) is 10.4 Å². The van der Waals surface area contributed by atoms with E-state index in [0.29, 0.717) is 5.65 Å². The third-order valence-corrected chi connectivity index (χ3v) is 4.12. The van der Waals surface area contributed by atoms with Crippen molar-refractivity contribution in [3.05, 3.63) is 41.5 Å². The van der Waals surface area contributed by atoms with Gasteiger partial charge in [0.25, 0.3) is 5.91 Å². The first-order valence-corrected chi connectivity index (χ1v) is 7.13. The minimum Gasteiger partial charge on any atom is -0.346 e. The number of H-pyrrole nitrogens is 1. The lowest BCUT2D eigenvalue weighted by molar-refractivity contribution is -0.123. The Labute approximate surface area is 128 Å². The molecule has 22 heavy (non-hydrogen) atoms. The highest BCUT2D eigenvalue weighted by molar-refractivity contribution is 7.17. The number of halogens is 3. The number of pyridine rings is 1. The second kappa shape index (κ2) is 5.45. The highest BCUT2D eigenvalue weighted by Gasteiger charge is 2.28. The third kappa shape index (κ3) is 2.96. The lowest BCUT2D eigenvalue weighted by Crippen LogP contribution is -2.33. The molecule has 0 aromatic carbocycles. The molecule has 0 unspecified atom stereocenters. The van der Waals surface area contributed by atoms with Gasteiger partial charge in [-0.3, -0.25) is 4.79 Å². The number of carbonyl (C=O) groups is 1. The second-order valence-electron chi connectivity index (χ2n) is 4.56. The quantitative estimate of drug-likeness (QED) is 0.768. The Hall–Kier alpha value is -2.35. The summed E-state index contributed by atoms with van der Waals surface area (Å²) < 4.78 is 36.4. The molecule has 3 heterocycles. The number of aromatic amines is 1. The summed E-state index contributed by atoms with van der Waals surface area (Å²) in [5.74, 6) is -0.729. The molecular weight excluding hydrogens is 315 g/mol. The maximum absolute atomic E-state index is 12.1. The summed E-state index contributed by atoms with van der Waals surface area (Å²) in [6.45, 7) is -1.34. The normalized spacial score (nSPS) is 11.8. The molecule has 0 aliphatic heterocycles. The molecule has 116 valence electrons. The predicted octanol–water partition coefficient (Wildman–Crippen LogP) is 3.83. The lowest BCUT2D eigenvalue weighted by Gasteiger charge is -2.06. The van der Waals surface area contributed by atoms with Gasteiger partial charge in [-0.05, 0) is 24.3 Å². The predicted molar refractivity (Wildman–Crippen MR) is 79.9 cm³/mol. The van der Waals surface area contributed by atoms with Gasteiger partial charge in [0.1, 0.15) is 12.2 Å². The average Bonchev–Trinajstić information content (AvgIpc) is 3.12. The van der Waals surface area contributed by atoms with Crippen molar-refractivity contribution in [2.45, 2.75) is 6.18 Å². The first-order valence-electron chi connectivity index (χ1n) is 6.31. The van der Waals surface area contributed by atoms with E-state index in [4.69, 9.17) is 0 Å². The molecule has 3 aromatic rings. The van der Waals surface area contributed by atoms with Crippen molar-refractivity contribution in [1.82, 2.24) is 15.3 Å². The van der Waals surface area contributed by atoms with Crippen LogP contribution < -0.4 is 5.32 Å². The van der Waals surface area contributed by atoms with Gasteiger partial charge in [0.2, 0.25) is 0 Å². The van der Waals surface area contributed by atoms with Gasteiger partial charge >= 0.3 is 6.18 Å². The van der Waals surface area contributed by atoms with Crippen molar-refractivity contribution >= 4 is 28.3 Å². The fourth-order valence-electron chi connectivity index (χ4n) is 2.05. The van der Waals surface area contributed by atoms with E-state index in [1.54, 1.807) is 24.5 Å². The zero-order valence-corrected chi connectivity index (χ0v) is 11.9. The smallest absolute Gasteiger partial charge is 0.346 e. The highest BCUT2D eigenvalue weighted by Crippen LogP contribution is 2.32. The van der Waals surface area contributed by atoms with Crippen LogP contribution in [0, 0.1) is 0 Å². The van der Waals surface area contributed by atoms with Crippen LogP contribution in [0.4, 0.5) is 13.2 Å². The molecule has 0 bridgehead atoms. The SMILES string of the molecule is O=C(NCC(F)(F)F)c1ccc(-c2ccnc3[nH]ccc23)s1.[HH]. The summed E-state index contributed by atoms with van der Waals surface area (Å²) >= 11 is 1.14. The number of nitrogens with one attached hydrogen (secondary N) is 2. The van der Waals surface area contributed by atoms with E-state index in [-0.39, 0.29) is 6.30 Å². The van der Waals surface area contributed by atoms with Gasteiger partial charge in [-0.2, -0.15) is 13.2 Å². The molecule has 0 spiro atoms. The molecule has 1 amide bonds. The number of hydrogen-bond donors (Lipinski definition) is 2. The molecule has 0 atom stereocenters. The highest BCUT2D eigenvalue weighted by atomic mass is 32.1. The van der Waals surface area contributed by atoms with Gasteiger partial charge in [0.05, 0.1) is 4.88 Å². The Morgan fingerprint density at radius 2 is 2.14 bits per heavy atom. The number of thiophene rings is 1. The molecule has 2 N–H and O–H groups in total. The van der Waals surface area contributed by atoms with Gasteiger partial charge in [0.15, 0.2) is 0 Å². The van der Waals surface area contributed by atoms with Crippen LogP contribution in [-0.4, -0.2) is 28.6 Å². The molecule has 0 radical (unpaired) electrons. The standard InChI is InChI=1S/C14H10F3N3OS.H2/c15-14(16,17)7-20-13(21)11-2-1-10(22-11)8-3-5-18-12-9(8)4-6-19-12;/h1-6H,7H2,(H,18,19)(H,20,21);1H. The average molecular weight is 327 g/mol. The van der Waals surface area contributed by atoms with E-state index in [1.807, 2.05) is 11.4 Å². The van der Waals surface area contributed by atoms with Crippen LogP contribution in [0.1, 0.15) is 11.1 Å². The van der Waals surface area contributed by atoms with E-state index in [0.717, 1.165) is 27.2 Å². The summed E-state index contributed by atoms with van der Waals surface area (Å²) in [4.78, 5) is 19.9. The van der Waals surface area contributed by atoms with Crippen LogP contribution in [0.2, 0.25) is 0 Å². The molecule has 3 aromatic heterocycles. The summed E-state index contributed by atoms with van der Waals surface area (Å²) in [6.07, 6.45) is -1.03. The molecule has 0 saturated carbocycles. The Kier molecular flexibility index (Phi) is 3.61. The summed E-state index contributed by atoms with van der Waals surface area (Å²) in [5, 5.41) is 2.76. The number of fused-ring (bicyclic) bond motifs is 1. The maximum atomic E-state index is 12.1. The van der Waals surface area contributed by atoms with Crippen LogP contribution in [-0.2, 0) is 0 Å². The van der Waals surface area contributed by atoms with Crippen molar-refractivity contribution in [2.75, 3.05) is 6.54 Å². The van der Waals surface area contributed by atoms with E-state index in [1.165, 1.54) is 6.07 Å². The number of nitrogens with zero attached hydrogens (tertiary/aromatic N) is 1. The van der Waals surface area contributed by atoms with E-state index >= 15 is 0 Å². The van der Waals surface area contributed by atoms with Crippen LogP contribution >= 0.6 is 11.3 Å². The summed E-state index contributed by atoms with van der Waals surface area (Å²) in [6, 6.07) is 6.90. The minimum absolute atomic E-state index is 0. The fourth-order valence-corrected chi connectivity index (χ4v) is 3.01. The van der Waals surface area contributed by atoms with Gasteiger partial charge in [-0.25, -0.2) is 4.98 Å². The zero-order chi connectivity index (χ0) is 15.7. The van der Waals surface area contributed by atoms with Gasteiger partial charge in [0, 0.05) is 29.6 Å². The number of carbonyl (C=O) groups excluding carboxylic acids is 1. The van der Waals surface area contributed by atoms with Gasteiger partial charge < -0.3 is 10.3 Å². The van der Waals surface area contributed by atoms with Crippen LogP contribution in [0.25, 0.3) is 21.5 Å². The van der Waals surface area contributed by atoms with Crippen molar-refractivity contribution in [1.29, 1.82) is 0 Å². The molecule has 0 fully saturated rings. The first-order chi connectivity index (χ1) is 10.4. The molecular formula is C14H12F3N3OS. The molecule has 0 aliphatic carbocycles. The number of rotatable bonds is 3. The Morgan fingerprint density at radius 3 is 2.91 bits per heavy atom. The minimum atomic E-state index is -4.42. The first kappa shape index (κ1) is 14.6.